The molecule has 206 valence electrons. The molecular weight excluding hydrogens is 496 g/mol. The minimum absolute atomic E-state index is 0.0226. The normalized spacial score (nSPS) is 14.1. The number of nitrogens with one attached hydrogen (secondary N) is 1. The third kappa shape index (κ3) is 6.10. The highest BCUT2D eigenvalue weighted by molar-refractivity contribution is 6.09. The van der Waals surface area contributed by atoms with E-state index in [4.69, 9.17) is 0 Å². The maximum Gasteiger partial charge on any atom is 0.258 e. The van der Waals surface area contributed by atoms with Crippen molar-refractivity contribution in [2.75, 3.05) is 11.4 Å². The molecule has 5 nitrogen and oxygen atoms in total. The Morgan fingerprint density at radius 1 is 0.900 bits per heavy atom. The van der Waals surface area contributed by atoms with Crippen LogP contribution in [0.1, 0.15) is 71.0 Å². The molecule has 0 radical (unpaired) electrons. The Hall–Kier alpha value is -3.96. The predicted octanol–water partition coefficient (Wildman–Crippen LogP) is 6.50. The fraction of sp³-hybridized carbons (Fsp3) is 0.314. The Bertz CT molecular complexity index is 1540. The predicted molar refractivity (Wildman–Crippen MR) is 162 cm³/mol. The van der Waals surface area contributed by atoms with Crippen LogP contribution in [-0.2, 0) is 19.3 Å². The van der Waals surface area contributed by atoms with Crippen LogP contribution >= 0.6 is 0 Å². The topological polar surface area (TPSA) is 69.6 Å². The van der Waals surface area contributed by atoms with Gasteiger partial charge in [0.2, 0.25) is 0 Å². The summed E-state index contributed by atoms with van der Waals surface area (Å²) in [5, 5.41) is 16.2. The van der Waals surface area contributed by atoms with Gasteiger partial charge in [-0.2, -0.15) is 0 Å². The summed E-state index contributed by atoms with van der Waals surface area (Å²) in [6.45, 7) is 6.61. The zero-order valence-corrected chi connectivity index (χ0v) is 23.6. The van der Waals surface area contributed by atoms with E-state index in [1.54, 1.807) is 0 Å². The lowest BCUT2D eigenvalue weighted by atomic mass is 9.92. The number of aryl methyl sites for hydroxylation is 2. The first kappa shape index (κ1) is 27.6. The molecule has 2 amide bonds. The van der Waals surface area contributed by atoms with Gasteiger partial charge in [-0.15, -0.1) is 0 Å². The summed E-state index contributed by atoms with van der Waals surface area (Å²) in [7, 11) is 0. The monoisotopic (exact) mass is 534 g/mol. The average molecular weight is 535 g/mol. The zero-order valence-electron chi connectivity index (χ0n) is 23.6. The van der Waals surface area contributed by atoms with E-state index in [0.29, 0.717) is 36.9 Å². The van der Waals surface area contributed by atoms with Gasteiger partial charge in [-0.05, 0) is 92.5 Å². The van der Waals surface area contributed by atoms with Gasteiger partial charge in [0.05, 0.1) is 11.7 Å². The summed E-state index contributed by atoms with van der Waals surface area (Å²) in [4.78, 5) is 28.9. The first-order valence-electron chi connectivity index (χ1n) is 14.2. The van der Waals surface area contributed by atoms with Crippen molar-refractivity contribution in [3.8, 4) is 0 Å². The number of rotatable bonds is 7. The molecule has 1 atom stereocenters. The Labute approximate surface area is 236 Å². The van der Waals surface area contributed by atoms with E-state index in [9.17, 15) is 14.7 Å². The molecule has 0 bridgehead atoms. The molecule has 1 heterocycles. The number of hydrogen-bond acceptors (Lipinski definition) is 3. The van der Waals surface area contributed by atoms with Crippen LogP contribution in [0, 0.1) is 0 Å². The molecular formula is C35H38N2O3. The van der Waals surface area contributed by atoms with Crippen molar-refractivity contribution in [2.45, 2.75) is 64.5 Å². The number of carbonyl (C=O) groups is 2. The van der Waals surface area contributed by atoms with E-state index in [-0.39, 0.29) is 17.4 Å². The number of benzene rings is 4. The van der Waals surface area contributed by atoms with Crippen LogP contribution in [-0.4, -0.2) is 35.1 Å². The molecule has 1 aliphatic heterocycles. The number of amides is 2. The summed E-state index contributed by atoms with van der Waals surface area (Å²) in [5.74, 6) is -0.128. The van der Waals surface area contributed by atoms with Gasteiger partial charge in [0.15, 0.2) is 0 Å². The molecule has 1 unspecified atom stereocenters. The molecule has 0 aromatic heterocycles. The minimum Gasteiger partial charge on any atom is -0.393 e. The zero-order chi connectivity index (χ0) is 28.3. The molecule has 4 aromatic carbocycles. The minimum atomic E-state index is -0.660. The first-order chi connectivity index (χ1) is 19.2. The second-order valence-electron chi connectivity index (χ2n) is 11.8. The fourth-order valence-corrected chi connectivity index (χ4v) is 5.67. The van der Waals surface area contributed by atoms with Gasteiger partial charge in [-0.25, -0.2) is 0 Å². The number of nitrogens with zero attached hydrogens (tertiary/aromatic N) is 1. The Morgan fingerprint density at radius 2 is 1.62 bits per heavy atom. The largest absolute Gasteiger partial charge is 0.393 e. The summed E-state index contributed by atoms with van der Waals surface area (Å²) in [6.07, 6.45) is 2.65. The van der Waals surface area contributed by atoms with E-state index in [1.807, 2.05) is 105 Å². The SMILES string of the molecule is CC(C)(C)NC(=O)c1c(CCC(O)Cc2ccccc2C(=O)N2CCCc3ccccc32)ccc2ccccc12. The van der Waals surface area contributed by atoms with E-state index in [1.165, 1.54) is 5.56 Å². The van der Waals surface area contributed by atoms with Gasteiger partial charge in [0.25, 0.3) is 11.8 Å². The van der Waals surface area contributed by atoms with Gasteiger partial charge in [-0.1, -0.05) is 72.8 Å². The van der Waals surface area contributed by atoms with Crippen molar-refractivity contribution in [1.29, 1.82) is 0 Å². The van der Waals surface area contributed by atoms with Crippen LogP contribution in [0.4, 0.5) is 5.69 Å². The molecule has 40 heavy (non-hydrogen) atoms. The molecule has 2 N–H and O–H groups in total. The molecule has 4 aromatic rings. The number of aliphatic hydroxyl groups excluding tert-OH is 1. The summed E-state index contributed by atoms with van der Waals surface area (Å²) in [5.41, 5.74) is 4.86. The van der Waals surface area contributed by atoms with Gasteiger partial charge in [0, 0.05) is 23.3 Å². The highest BCUT2D eigenvalue weighted by Gasteiger charge is 2.26. The van der Waals surface area contributed by atoms with E-state index in [0.717, 1.165) is 40.4 Å². The quantitative estimate of drug-likeness (QED) is 0.284. The molecule has 0 saturated heterocycles. The maximum absolute atomic E-state index is 13.7. The fourth-order valence-electron chi connectivity index (χ4n) is 5.67. The van der Waals surface area contributed by atoms with E-state index in [2.05, 4.69) is 11.4 Å². The van der Waals surface area contributed by atoms with Crippen molar-refractivity contribution in [3.05, 3.63) is 113 Å². The van der Waals surface area contributed by atoms with Crippen LogP contribution in [0.25, 0.3) is 10.8 Å². The Morgan fingerprint density at radius 3 is 2.45 bits per heavy atom. The number of anilines is 1. The number of aliphatic hydroxyl groups is 1. The van der Waals surface area contributed by atoms with Crippen LogP contribution in [0.3, 0.4) is 0 Å². The smallest absolute Gasteiger partial charge is 0.258 e. The Kier molecular flexibility index (Phi) is 8.04. The van der Waals surface area contributed by atoms with Crippen LogP contribution in [0.15, 0.2) is 84.9 Å². The van der Waals surface area contributed by atoms with Crippen molar-refractivity contribution in [1.82, 2.24) is 5.32 Å². The molecule has 1 aliphatic rings. The van der Waals surface area contributed by atoms with Crippen LogP contribution in [0.2, 0.25) is 0 Å². The molecule has 5 heteroatoms. The lowest BCUT2D eigenvalue weighted by Crippen LogP contribution is -2.41. The van der Waals surface area contributed by atoms with E-state index >= 15 is 0 Å². The van der Waals surface area contributed by atoms with Crippen molar-refractivity contribution in [2.24, 2.45) is 0 Å². The molecule has 5 rings (SSSR count). The second-order valence-corrected chi connectivity index (χ2v) is 11.8. The number of para-hydroxylation sites is 1. The van der Waals surface area contributed by atoms with E-state index < -0.39 is 6.10 Å². The average Bonchev–Trinajstić information content (AvgIpc) is 2.94. The van der Waals surface area contributed by atoms with Crippen molar-refractivity contribution < 1.29 is 14.7 Å². The third-order valence-corrected chi connectivity index (χ3v) is 7.54. The first-order valence-corrected chi connectivity index (χ1v) is 14.2. The van der Waals surface area contributed by atoms with Gasteiger partial charge >= 0.3 is 0 Å². The maximum atomic E-state index is 13.7. The van der Waals surface area contributed by atoms with Gasteiger partial charge in [0.1, 0.15) is 0 Å². The summed E-state index contributed by atoms with van der Waals surface area (Å²) >= 11 is 0. The molecule has 0 saturated carbocycles. The molecule has 0 aliphatic carbocycles. The van der Waals surface area contributed by atoms with Crippen molar-refractivity contribution in [3.63, 3.8) is 0 Å². The number of carbonyl (C=O) groups excluding carboxylic acids is 2. The van der Waals surface area contributed by atoms with Crippen molar-refractivity contribution >= 4 is 28.3 Å². The lowest BCUT2D eigenvalue weighted by molar-refractivity contribution is 0.0918. The number of fused-ring (bicyclic) bond motifs is 2. The summed E-state index contributed by atoms with van der Waals surface area (Å²) < 4.78 is 0. The molecule has 0 spiro atoms. The highest BCUT2D eigenvalue weighted by atomic mass is 16.3. The van der Waals surface area contributed by atoms with Crippen LogP contribution in [0.5, 0.6) is 0 Å². The second kappa shape index (κ2) is 11.6. The molecule has 0 fully saturated rings. The lowest BCUT2D eigenvalue weighted by Gasteiger charge is -2.30. The number of hydrogen-bond donors (Lipinski definition) is 2. The standard InChI is InChI=1S/C35H38N2O3/c1-35(2,3)36-33(39)32-26(19-18-24-11-4-7-15-29(24)32)20-21-28(38)23-27-13-5-8-16-30(27)34(40)37-22-10-14-25-12-6-9-17-31(25)37/h4-9,11-13,15-19,28,38H,10,14,20-23H2,1-3H3,(H,36,39). The van der Waals surface area contributed by atoms with Gasteiger partial charge < -0.3 is 15.3 Å². The summed E-state index contributed by atoms with van der Waals surface area (Å²) in [6, 6.07) is 27.6. The third-order valence-electron chi connectivity index (χ3n) is 7.54. The van der Waals surface area contributed by atoms with Gasteiger partial charge in [-0.3, -0.25) is 9.59 Å². The highest BCUT2D eigenvalue weighted by Crippen LogP contribution is 2.29. The Balaban J connectivity index is 1.34. The van der Waals surface area contributed by atoms with Crippen LogP contribution < -0.4 is 10.2 Å².